The van der Waals surface area contributed by atoms with Gasteiger partial charge in [-0.1, -0.05) is 23.2 Å². The van der Waals surface area contributed by atoms with Crippen molar-refractivity contribution in [3.05, 3.63) is 63.1 Å². The highest BCUT2D eigenvalue weighted by atomic mass is 35.5. The predicted molar refractivity (Wildman–Crippen MR) is 83.5 cm³/mol. The molecule has 0 unspecified atom stereocenters. The van der Waals surface area contributed by atoms with Gasteiger partial charge >= 0.3 is 0 Å². The topological polar surface area (TPSA) is 37.4 Å². The molecule has 2 aromatic rings. The van der Waals surface area contributed by atoms with Crippen molar-refractivity contribution in [3.63, 3.8) is 0 Å². The van der Waals surface area contributed by atoms with Crippen LogP contribution < -0.4 is 4.90 Å². The van der Waals surface area contributed by atoms with E-state index in [0.29, 0.717) is 27.6 Å². The second kappa shape index (κ2) is 5.17. The van der Waals surface area contributed by atoms with Gasteiger partial charge in [-0.05, 0) is 42.0 Å². The largest absolute Gasteiger partial charge is 0.315 e. The van der Waals surface area contributed by atoms with Gasteiger partial charge in [-0.25, -0.2) is 0 Å². The number of carbonyl (C=O) groups is 2. The van der Waals surface area contributed by atoms with E-state index < -0.39 is 0 Å². The first kappa shape index (κ1) is 14.1. The Morgan fingerprint density at radius 2 is 1.90 bits per heavy atom. The van der Waals surface area contributed by atoms with Gasteiger partial charge in [0.05, 0.1) is 11.4 Å². The van der Waals surface area contributed by atoms with Crippen LogP contribution in [-0.2, 0) is 11.2 Å². The first-order valence-electron chi connectivity index (χ1n) is 6.36. The minimum Gasteiger partial charge on any atom is -0.315 e. The molecule has 0 saturated carbocycles. The number of hydrogen-bond acceptors (Lipinski definition) is 2. The number of benzene rings is 2. The van der Waals surface area contributed by atoms with Gasteiger partial charge in [0, 0.05) is 28.9 Å². The van der Waals surface area contributed by atoms with E-state index in [4.69, 9.17) is 23.2 Å². The lowest BCUT2D eigenvalue weighted by Crippen LogP contribution is -2.20. The first-order chi connectivity index (χ1) is 9.97. The number of rotatable bonds is 2. The second-order valence-electron chi connectivity index (χ2n) is 4.93. The molecule has 0 bridgehead atoms. The highest BCUT2D eigenvalue weighted by molar-refractivity contribution is 6.37. The van der Waals surface area contributed by atoms with E-state index >= 15 is 0 Å². The van der Waals surface area contributed by atoms with Crippen molar-refractivity contribution in [2.75, 3.05) is 11.9 Å². The maximum absolute atomic E-state index is 12.5. The van der Waals surface area contributed by atoms with E-state index in [1.807, 2.05) is 0 Å². The molecule has 1 aliphatic rings. The molecule has 0 atom stereocenters. The molecule has 5 heteroatoms. The van der Waals surface area contributed by atoms with Crippen LogP contribution in [0.5, 0.6) is 0 Å². The number of amides is 1. The molecular formula is C16H11Cl2NO2. The first-order valence-corrected chi connectivity index (χ1v) is 7.12. The zero-order valence-electron chi connectivity index (χ0n) is 11.2. The number of anilines is 1. The van der Waals surface area contributed by atoms with Gasteiger partial charge in [-0.3, -0.25) is 9.59 Å². The molecule has 1 amide bonds. The van der Waals surface area contributed by atoms with Crippen LogP contribution in [0.15, 0.2) is 36.4 Å². The highest BCUT2D eigenvalue weighted by Crippen LogP contribution is 2.30. The predicted octanol–water partition coefficient (Wildman–Crippen LogP) is 3.74. The zero-order valence-corrected chi connectivity index (χ0v) is 12.7. The number of halogens is 2. The Morgan fingerprint density at radius 1 is 1.14 bits per heavy atom. The summed E-state index contributed by atoms with van der Waals surface area (Å²) in [5.41, 5.74) is 2.62. The number of hydrogen-bond donors (Lipinski definition) is 0. The minimum absolute atomic E-state index is 0.0270. The Morgan fingerprint density at radius 3 is 2.62 bits per heavy atom. The van der Waals surface area contributed by atoms with Crippen molar-refractivity contribution < 1.29 is 9.59 Å². The number of carbonyl (C=O) groups excluding carboxylic acids is 2. The molecule has 0 saturated heterocycles. The fourth-order valence-corrected chi connectivity index (χ4v) is 2.93. The third-order valence-electron chi connectivity index (χ3n) is 3.59. The second-order valence-corrected chi connectivity index (χ2v) is 5.77. The molecule has 21 heavy (non-hydrogen) atoms. The normalized spacial score (nSPS) is 13.5. The van der Waals surface area contributed by atoms with Crippen molar-refractivity contribution in [1.82, 2.24) is 0 Å². The van der Waals surface area contributed by atoms with Crippen LogP contribution in [0.2, 0.25) is 10.0 Å². The molecule has 3 rings (SSSR count). The maximum Gasteiger partial charge on any atom is 0.231 e. The molecule has 106 valence electrons. The van der Waals surface area contributed by atoms with Gasteiger partial charge in [0.2, 0.25) is 5.91 Å². The minimum atomic E-state index is -0.179. The third-order valence-corrected chi connectivity index (χ3v) is 4.14. The molecule has 0 aromatic heterocycles. The monoisotopic (exact) mass is 319 g/mol. The maximum atomic E-state index is 12.5. The standard InChI is InChI=1S/C16H11Cl2NO2/c1-19-14-5-2-9(6-10(14)7-15(19)20)16(21)12-4-3-11(17)8-13(12)18/h2-6,8H,7H2,1H3. The lowest BCUT2D eigenvalue weighted by Gasteiger charge is -2.10. The average molecular weight is 320 g/mol. The van der Waals surface area contributed by atoms with Crippen LogP contribution in [-0.4, -0.2) is 18.7 Å². The summed E-state index contributed by atoms with van der Waals surface area (Å²) in [5, 5.41) is 0.805. The van der Waals surface area contributed by atoms with Crippen LogP contribution >= 0.6 is 23.2 Å². The third kappa shape index (κ3) is 2.43. The molecule has 0 aliphatic carbocycles. The Balaban J connectivity index is 2.00. The summed E-state index contributed by atoms with van der Waals surface area (Å²) in [7, 11) is 1.73. The molecule has 3 nitrogen and oxygen atoms in total. The Hall–Kier alpha value is -1.84. The molecule has 0 radical (unpaired) electrons. The van der Waals surface area contributed by atoms with Crippen LogP contribution in [0.1, 0.15) is 21.5 Å². The Labute approximate surface area is 132 Å². The van der Waals surface area contributed by atoms with Gasteiger partial charge in [-0.15, -0.1) is 0 Å². The van der Waals surface area contributed by atoms with Crippen molar-refractivity contribution in [2.45, 2.75) is 6.42 Å². The number of ketones is 1. The van der Waals surface area contributed by atoms with Crippen molar-refractivity contribution >= 4 is 40.6 Å². The van der Waals surface area contributed by atoms with Gasteiger partial charge < -0.3 is 4.90 Å². The van der Waals surface area contributed by atoms with E-state index in [1.165, 1.54) is 0 Å². The van der Waals surface area contributed by atoms with Crippen molar-refractivity contribution in [3.8, 4) is 0 Å². The van der Waals surface area contributed by atoms with Crippen molar-refractivity contribution in [1.29, 1.82) is 0 Å². The molecule has 0 spiro atoms. The number of likely N-dealkylation sites (N-methyl/N-ethyl adjacent to an activating group) is 1. The van der Waals surface area contributed by atoms with E-state index in [-0.39, 0.29) is 11.7 Å². The Bertz CT molecular complexity index is 771. The van der Waals surface area contributed by atoms with E-state index in [9.17, 15) is 9.59 Å². The summed E-state index contributed by atoms with van der Waals surface area (Å²) in [4.78, 5) is 25.8. The van der Waals surface area contributed by atoms with E-state index in [2.05, 4.69) is 0 Å². The van der Waals surface area contributed by atoms with E-state index in [0.717, 1.165) is 11.3 Å². The van der Waals surface area contributed by atoms with Gasteiger partial charge in [0.15, 0.2) is 5.78 Å². The van der Waals surface area contributed by atoms with Crippen LogP contribution in [0.4, 0.5) is 5.69 Å². The molecule has 2 aromatic carbocycles. The molecule has 0 N–H and O–H groups in total. The molecule has 1 heterocycles. The SMILES string of the molecule is CN1C(=O)Cc2cc(C(=O)c3ccc(Cl)cc3Cl)ccc21. The summed E-state index contributed by atoms with van der Waals surface area (Å²) >= 11 is 11.9. The van der Waals surface area contributed by atoms with Crippen molar-refractivity contribution in [2.24, 2.45) is 0 Å². The van der Waals surface area contributed by atoms with Crippen LogP contribution in [0.25, 0.3) is 0 Å². The Kier molecular flexibility index (Phi) is 3.47. The average Bonchev–Trinajstić information content (AvgIpc) is 2.73. The molecular weight excluding hydrogens is 309 g/mol. The van der Waals surface area contributed by atoms with Crippen LogP contribution in [0.3, 0.4) is 0 Å². The fraction of sp³-hybridized carbons (Fsp3) is 0.125. The highest BCUT2D eigenvalue weighted by Gasteiger charge is 2.25. The lowest BCUT2D eigenvalue weighted by molar-refractivity contribution is -0.117. The summed E-state index contributed by atoms with van der Waals surface area (Å²) < 4.78 is 0. The van der Waals surface area contributed by atoms with Crippen LogP contribution in [0, 0.1) is 0 Å². The number of fused-ring (bicyclic) bond motifs is 1. The summed E-state index contributed by atoms with van der Waals surface area (Å²) in [6, 6.07) is 10.0. The molecule has 1 aliphatic heterocycles. The quantitative estimate of drug-likeness (QED) is 0.791. The lowest BCUT2D eigenvalue weighted by atomic mass is 10.00. The molecule has 0 fully saturated rings. The van der Waals surface area contributed by atoms with E-state index in [1.54, 1.807) is 48.3 Å². The smallest absolute Gasteiger partial charge is 0.231 e. The van der Waals surface area contributed by atoms with Gasteiger partial charge in [-0.2, -0.15) is 0 Å². The zero-order chi connectivity index (χ0) is 15.1. The number of nitrogens with zero attached hydrogens (tertiary/aromatic N) is 1. The fourth-order valence-electron chi connectivity index (χ4n) is 2.44. The summed E-state index contributed by atoms with van der Waals surface area (Å²) in [6.07, 6.45) is 0.321. The summed E-state index contributed by atoms with van der Waals surface area (Å²) in [6.45, 7) is 0. The summed E-state index contributed by atoms with van der Waals surface area (Å²) in [5.74, 6) is -0.152. The van der Waals surface area contributed by atoms with Gasteiger partial charge in [0.1, 0.15) is 0 Å². The van der Waals surface area contributed by atoms with Gasteiger partial charge in [0.25, 0.3) is 0 Å².